The van der Waals surface area contributed by atoms with Crippen molar-refractivity contribution in [3.05, 3.63) is 28.3 Å². The fraction of sp³-hybridized carbons (Fsp3) is 0.231. The van der Waals surface area contributed by atoms with Crippen LogP contribution in [0.3, 0.4) is 0 Å². The van der Waals surface area contributed by atoms with Crippen molar-refractivity contribution in [2.45, 2.75) is 12.8 Å². The van der Waals surface area contributed by atoms with E-state index in [-0.39, 0.29) is 42.0 Å². The Morgan fingerprint density at radius 1 is 1.35 bits per heavy atom. The van der Waals surface area contributed by atoms with E-state index < -0.39 is 10.8 Å². The molecule has 0 bridgehead atoms. The predicted molar refractivity (Wildman–Crippen MR) is 80.9 cm³/mol. The predicted octanol–water partition coefficient (Wildman–Crippen LogP) is 1.29. The SMILES string of the molecule is O=C(CN1C(=O)CCC1=O)Nc1nc2ccc([N+](=O)[O-])cc2s1. The molecular weight excluding hydrogens is 324 g/mol. The second kappa shape index (κ2) is 5.72. The van der Waals surface area contributed by atoms with Crippen LogP contribution in [-0.4, -0.2) is 39.1 Å². The Balaban J connectivity index is 1.73. The van der Waals surface area contributed by atoms with E-state index in [1.165, 1.54) is 18.2 Å². The first kappa shape index (κ1) is 15.0. The van der Waals surface area contributed by atoms with Gasteiger partial charge in [-0.05, 0) is 6.07 Å². The van der Waals surface area contributed by atoms with Crippen LogP contribution in [0, 0.1) is 10.1 Å². The van der Waals surface area contributed by atoms with Crippen LogP contribution in [0.2, 0.25) is 0 Å². The normalized spacial score (nSPS) is 14.5. The van der Waals surface area contributed by atoms with E-state index in [0.717, 1.165) is 16.2 Å². The van der Waals surface area contributed by atoms with Crippen LogP contribution in [0.4, 0.5) is 10.8 Å². The summed E-state index contributed by atoms with van der Waals surface area (Å²) >= 11 is 1.08. The molecule has 0 atom stereocenters. The molecule has 0 unspecified atom stereocenters. The second-order valence-electron chi connectivity index (χ2n) is 4.85. The number of nitrogens with one attached hydrogen (secondary N) is 1. The molecule has 1 fully saturated rings. The molecule has 1 N–H and O–H groups in total. The Morgan fingerprint density at radius 2 is 2.04 bits per heavy atom. The van der Waals surface area contributed by atoms with Crippen molar-refractivity contribution in [3.63, 3.8) is 0 Å². The number of amides is 3. The zero-order valence-corrected chi connectivity index (χ0v) is 12.5. The van der Waals surface area contributed by atoms with Gasteiger partial charge in [0.25, 0.3) is 5.69 Å². The summed E-state index contributed by atoms with van der Waals surface area (Å²) in [7, 11) is 0. The van der Waals surface area contributed by atoms with Crippen LogP contribution >= 0.6 is 11.3 Å². The Hall–Kier alpha value is -2.88. The quantitative estimate of drug-likeness (QED) is 0.510. The summed E-state index contributed by atoms with van der Waals surface area (Å²) in [5, 5.41) is 13.5. The summed E-state index contributed by atoms with van der Waals surface area (Å²) in [4.78, 5) is 50.1. The standard InChI is InChI=1S/C13H10N4O5S/c18-10(6-16-11(19)3-4-12(16)20)15-13-14-8-2-1-7(17(21)22)5-9(8)23-13/h1-2,5H,3-4,6H2,(H,14,15,18). The van der Waals surface area contributed by atoms with E-state index in [0.29, 0.717) is 10.2 Å². The molecule has 1 aromatic carbocycles. The minimum absolute atomic E-state index is 0.0627. The Labute approximate surface area is 133 Å². The summed E-state index contributed by atoms with van der Waals surface area (Å²) in [6, 6.07) is 4.19. The molecule has 0 aliphatic carbocycles. The van der Waals surface area contributed by atoms with Crippen molar-refractivity contribution in [1.82, 2.24) is 9.88 Å². The number of carbonyl (C=O) groups is 3. The van der Waals surface area contributed by atoms with Gasteiger partial charge in [0.15, 0.2) is 5.13 Å². The molecule has 23 heavy (non-hydrogen) atoms. The van der Waals surface area contributed by atoms with Crippen LogP contribution < -0.4 is 5.32 Å². The minimum atomic E-state index is -0.540. The van der Waals surface area contributed by atoms with Crippen molar-refractivity contribution < 1.29 is 19.3 Å². The van der Waals surface area contributed by atoms with Crippen molar-refractivity contribution in [3.8, 4) is 0 Å². The number of non-ortho nitro benzene ring substituents is 1. The highest BCUT2D eigenvalue weighted by Crippen LogP contribution is 2.29. The van der Waals surface area contributed by atoms with Crippen molar-refractivity contribution in [1.29, 1.82) is 0 Å². The number of fused-ring (bicyclic) bond motifs is 1. The third kappa shape index (κ3) is 3.01. The molecule has 2 aromatic rings. The van der Waals surface area contributed by atoms with Crippen LogP contribution in [0.1, 0.15) is 12.8 Å². The molecular formula is C13H10N4O5S. The maximum Gasteiger partial charge on any atom is 0.270 e. The summed E-state index contributed by atoms with van der Waals surface area (Å²) in [5.41, 5.74) is 0.455. The lowest BCUT2D eigenvalue weighted by molar-refractivity contribution is -0.384. The molecule has 0 saturated carbocycles. The number of hydrogen-bond acceptors (Lipinski definition) is 7. The van der Waals surface area contributed by atoms with E-state index in [2.05, 4.69) is 10.3 Å². The molecule has 1 aliphatic rings. The summed E-state index contributed by atoms with van der Waals surface area (Å²) in [6.07, 6.45) is 0.244. The van der Waals surface area contributed by atoms with E-state index in [1.54, 1.807) is 0 Å². The van der Waals surface area contributed by atoms with E-state index in [1.807, 2.05) is 0 Å². The van der Waals surface area contributed by atoms with Gasteiger partial charge >= 0.3 is 0 Å². The number of carbonyl (C=O) groups excluding carboxylic acids is 3. The largest absolute Gasteiger partial charge is 0.300 e. The maximum atomic E-state index is 11.9. The van der Waals surface area contributed by atoms with Crippen LogP contribution in [0.5, 0.6) is 0 Å². The number of anilines is 1. The number of benzene rings is 1. The van der Waals surface area contributed by atoms with Gasteiger partial charge in [0, 0.05) is 25.0 Å². The Kier molecular flexibility index (Phi) is 3.74. The first-order valence-corrected chi connectivity index (χ1v) is 7.44. The first-order valence-electron chi connectivity index (χ1n) is 6.62. The highest BCUT2D eigenvalue weighted by Gasteiger charge is 2.30. The fourth-order valence-corrected chi connectivity index (χ4v) is 3.10. The highest BCUT2D eigenvalue weighted by atomic mass is 32.1. The van der Waals surface area contributed by atoms with Gasteiger partial charge in [-0.3, -0.25) is 29.4 Å². The lowest BCUT2D eigenvalue weighted by Gasteiger charge is -2.12. The number of likely N-dealkylation sites (tertiary alicyclic amines) is 1. The Bertz CT molecular complexity index is 830. The molecule has 118 valence electrons. The molecule has 9 nitrogen and oxygen atoms in total. The fourth-order valence-electron chi connectivity index (χ4n) is 2.18. The molecule has 1 aromatic heterocycles. The van der Waals surface area contributed by atoms with Gasteiger partial charge in [-0.1, -0.05) is 11.3 Å². The number of nitro groups is 1. The van der Waals surface area contributed by atoms with Crippen LogP contribution in [-0.2, 0) is 14.4 Å². The van der Waals surface area contributed by atoms with Gasteiger partial charge in [-0.2, -0.15) is 0 Å². The summed E-state index contributed by atoms with van der Waals surface area (Å²) in [5.74, 6) is -1.28. The van der Waals surface area contributed by atoms with Crippen LogP contribution in [0.15, 0.2) is 18.2 Å². The second-order valence-corrected chi connectivity index (χ2v) is 5.88. The van der Waals surface area contributed by atoms with Gasteiger partial charge in [-0.25, -0.2) is 4.98 Å². The van der Waals surface area contributed by atoms with Crippen molar-refractivity contribution in [2.75, 3.05) is 11.9 Å². The van der Waals surface area contributed by atoms with Crippen LogP contribution in [0.25, 0.3) is 10.2 Å². The third-order valence-electron chi connectivity index (χ3n) is 3.29. The Morgan fingerprint density at radius 3 is 2.70 bits per heavy atom. The number of hydrogen-bond donors (Lipinski definition) is 1. The molecule has 0 radical (unpaired) electrons. The van der Waals surface area contributed by atoms with E-state index >= 15 is 0 Å². The number of thiazole rings is 1. The molecule has 10 heteroatoms. The lowest BCUT2D eigenvalue weighted by atomic mass is 10.3. The monoisotopic (exact) mass is 334 g/mol. The van der Waals surface area contributed by atoms with E-state index in [9.17, 15) is 24.5 Å². The lowest BCUT2D eigenvalue weighted by Crippen LogP contribution is -2.36. The van der Waals surface area contributed by atoms with Gasteiger partial charge in [0.1, 0.15) is 6.54 Å². The molecule has 2 heterocycles. The minimum Gasteiger partial charge on any atom is -0.300 e. The topological polar surface area (TPSA) is 123 Å². The number of nitrogens with zero attached hydrogens (tertiary/aromatic N) is 3. The summed E-state index contributed by atoms with van der Waals surface area (Å²) in [6.45, 7) is -0.353. The van der Waals surface area contributed by atoms with Gasteiger partial charge in [0.2, 0.25) is 17.7 Å². The molecule has 1 aliphatic heterocycles. The highest BCUT2D eigenvalue weighted by molar-refractivity contribution is 7.22. The molecule has 0 spiro atoms. The number of nitro benzene ring substituents is 1. The number of aromatic nitrogens is 1. The van der Waals surface area contributed by atoms with E-state index in [4.69, 9.17) is 0 Å². The third-order valence-corrected chi connectivity index (χ3v) is 4.22. The number of imide groups is 1. The zero-order chi connectivity index (χ0) is 16.6. The number of rotatable bonds is 4. The average Bonchev–Trinajstić information content (AvgIpc) is 3.03. The molecule has 3 rings (SSSR count). The first-order chi connectivity index (χ1) is 10.9. The van der Waals surface area contributed by atoms with Crippen molar-refractivity contribution in [2.24, 2.45) is 0 Å². The molecule has 3 amide bonds. The van der Waals surface area contributed by atoms with Crippen molar-refractivity contribution >= 4 is 50.1 Å². The van der Waals surface area contributed by atoms with Gasteiger partial charge < -0.3 is 5.32 Å². The zero-order valence-electron chi connectivity index (χ0n) is 11.6. The van der Waals surface area contributed by atoms with Gasteiger partial charge in [-0.15, -0.1) is 0 Å². The summed E-state index contributed by atoms with van der Waals surface area (Å²) < 4.78 is 0.558. The maximum absolute atomic E-state index is 11.9. The average molecular weight is 334 g/mol. The van der Waals surface area contributed by atoms with Gasteiger partial charge in [0.05, 0.1) is 15.1 Å². The smallest absolute Gasteiger partial charge is 0.270 e. The molecule has 1 saturated heterocycles.